The minimum Gasteiger partial charge on any atom is -0.344 e. The maximum atomic E-state index is 12.3. The molecule has 0 saturated carbocycles. The molecular formula is C20H25N2O+. The Balaban J connectivity index is 1.54. The van der Waals surface area contributed by atoms with E-state index >= 15 is 0 Å². The first-order valence-corrected chi connectivity index (χ1v) is 8.49. The number of benzene rings is 2. The zero-order valence-electron chi connectivity index (χ0n) is 13.7. The monoisotopic (exact) mass is 309 g/mol. The van der Waals surface area contributed by atoms with E-state index in [0.29, 0.717) is 12.6 Å². The van der Waals surface area contributed by atoms with E-state index in [1.54, 1.807) is 0 Å². The summed E-state index contributed by atoms with van der Waals surface area (Å²) in [5.74, 6) is 0.120. The van der Waals surface area contributed by atoms with Crippen molar-refractivity contribution in [1.82, 2.24) is 5.32 Å². The molecule has 0 unspecified atom stereocenters. The average molecular weight is 309 g/mol. The standard InChI is InChI=1S/C20H24N2O/c1-15(16-8-3-2-4-9-16)21-14-20(23)22-19-13-7-11-17-10-5-6-12-18(17)19/h2-6,8-10,12,15,19,21H,7,11,13-14H2,1H3,(H,22,23)/p+1/t15-,19-/m1/s1. The highest BCUT2D eigenvalue weighted by atomic mass is 16.2. The number of quaternary nitrogens is 1. The quantitative estimate of drug-likeness (QED) is 0.876. The molecule has 3 rings (SSSR count). The van der Waals surface area contributed by atoms with Crippen LogP contribution in [0.4, 0.5) is 0 Å². The molecule has 0 fully saturated rings. The molecule has 0 spiro atoms. The fourth-order valence-corrected chi connectivity index (χ4v) is 3.33. The molecule has 0 heterocycles. The highest BCUT2D eigenvalue weighted by Gasteiger charge is 2.22. The molecule has 3 N–H and O–H groups in total. The Hall–Kier alpha value is -2.13. The molecule has 0 radical (unpaired) electrons. The number of amides is 1. The van der Waals surface area contributed by atoms with Crippen LogP contribution in [0.1, 0.15) is 48.5 Å². The second kappa shape index (κ2) is 7.42. The van der Waals surface area contributed by atoms with Gasteiger partial charge in [0, 0.05) is 5.56 Å². The molecule has 3 heteroatoms. The van der Waals surface area contributed by atoms with Crippen LogP contribution in [0.2, 0.25) is 0 Å². The summed E-state index contributed by atoms with van der Waals surface area (Å²) in [7, 11) is 0. The van der Waals surface area contributed by atoms with Crippen LogP contribution in [0.5, 0.6) is 0 Å². The summed E-state index contributed by atoms with van der Waals surface area (Å²) in [5, 5.41) is 5.31. The van der Waals surface area contributed by atoms with Crippen LogP contribution in [0.25, 0.3) is 0 Å². The van der Waals surface area contributed by atoms with Crippen LogP contribution in [-0.4, -0.2) is 12.5 Å². The Labute approximate surface area is 138 Å². The normalized spacial score (nSPS) is 18.0. The molecule has 120 valence electrons. The predicted molar refractivity (Wildman–Crippen MR) is 91.9 cm³/mol. The number of aryl methyl sites for hydroxylation is 1. The van der Waals surface area contributed by atoms with Crippen molar-refractivity contribution in [1.29, 1.82) is 0 Å². The van der Waals surface area contributed by atoms with Crippen LogP contribution in [-0.2, 0) is 11.2 Å². The first kappa shape index (κ1) is 15.8. The van der Waals surface area contributed by atoms with E-state index in [1.165, 1.54) is 16.7 Å². The lowest BCUT2D eigenvalue weighted by atomic mass is 9.88. The topological polar surface area (TPSA) is 45.7 Å². The van der Waals surface area contributed by atoms with Gasteiger partial charge >= 0.3 is 0 Å². The Morgan fingerprint density at radius 2 is 1.91 bits per heavy atom. The van der Waals surface area contributed by atoms with Gasteiger partial charge in [-0.05, 0) is 37.3 Å². The van der Waals surface area contributed by atoms with Crippen molar-refractivity contribution in [3.05, 3.63) is 71.3 Å². The number of hydrogen-bond acceptors (Lipinski definition) is 1. The first-order chi connectivity index (χ1) is 11.2. The lowest BCUT2D eigenvalue weighted by molar-refractivity contribution is -0.682. The average Bonchev–Trinajstić information content (AvgIpc) is 2.61. The maximum absolute atomic E-state index is 12.3. The van der Waals surface area contributed by atoms with Gasteiger partial charge in [0.1, 0.15) is 6.04 Å². The van der Waals surface area contributed by atoms with E-state index < -0.39 is 0 Å². The van der Waals surface area contributed by atoms with Gasteiger partial charge in [-0.2, -0.15) is 0 Å². The first-order valence-electron chi connectivity index (χ1n) is 8.49. The van der Waals surface area contributed by atoms with Crippen molar-refractivity contribution in [3.63, 3.8) is 0 Å². The number of carbonyl (C=O) groups is 1. The van der Waals surface area contributed by atoms with E-state index in [2.05, 4.69) is 54.0 Å². The number of carbonyl (C=O) groups excluding carboxylic acids is 1. The Kier molecular flexibility index (Phi) is 5.09. The third-order valence-corrected chi connectivity index (χ3v) is 4.69. The van der Waals surface area contributed by atoms with Gasteiger partial charge in [-0.15, -0.1) is 0 Å². The van der Waals surface area contributed by atoms with E-state index in [0.717, 1.165) is 19.3 Å². The second-order valence-electron chi connectivity index (χ2n) is 6.35. The van der Waals surface area contributed by atoms with Gasteiger partial charge in [-0.1, -0.05) is 54.6 Å². The molecule has 0 bridgehead atoms. The lowest BCUT2D eigenvalue weighted by Gasteiger charge is -2.26. The Bertz CT molecular complexity index is 654. The van der Waals surface area contributed by atoms with Crippen LogP contribution >= 0.6 is 0 Å². The van der Waals surface area contributed by atoms with Crippen molar-refractivity contribution in [3.8, 4) is 0 Å². The fraction of sp³-hybridized carbons (Fsp3) is 0.350. The highest BCUT2D eigenvalue weighted by Crippen LogP contribution is 2.29. The molecule has 1 amide bonds. The molecule has 0 aromatic heterocycles. The van der Waals surface area contributed by atoms with E-state index in [1.807, 2.05) is 18.2 Å². The summed E-state index contributed by atoms with van der Waals surface area (Å²) in [6, 6.07) is 19.2. The molecular weight excluding hydrogens is 284 g/mol. The van der Waals surface area contributed by atoms with Crippen LogP contribution in [0.15, 0.2) is 54.6 Å². The largest absolute Gasteiger partial charge is 0.344 e. The molecule has 0 saturated heterocycles. The molecule has 1 aliphatic rings. The molecule has 1 aliphatic carbocycles. The summed E-state index contributed by atoms with van der Waals surface area (Å²) in [6.45, 7) is 2.60. The van der Waals surface area contributed by atoms with Gasteiger partial charge in [0.2, 0.25) is 0 Å². The SMILES string of the molecule is C[C@@H]([NH2+]CC(=O)N[C@@H]1CCCc2ccccc21)c1ccccc1. The minimum absolute atomic E-state index is 0.120. The van der Waals surface area contributed by atoms with Gasteiger partial charge in [-0.25, -0.2) is 0 Å². The number of nitrogens with two attached hydrogens (primary N) is 1. The van der Waals surface area contributed by atoms with Crippen LogP contribution in [0, 0.1) is 0 Å². The van der Waals surface area contributed by atoms with Crippen molar-refractivity contribution < 1.29 is 10.1 Å². The molecule has 2 atom stereocenters. The minimum atomic E-state index is 0.120. The predicted octanol–water partition coefficient (Wildman–Crippen LogP) is 2.50. The number of hydrogen-bond donors (Lipinski definition) is 2. The van der Waals surface area contributed by atoms with E-state index in [4.69, 9.17) is 0 Å². The number of rotatable bonds is 5. The Morgan fingerprint density at radius 3 is 2.74 bits per heavy atom. The maximum Gasteiger partial charge on any atom is 0.275 e. The molecule has 0 aliphatic heterocycles. The highest BCUT2D eigenvalue weighted by molar-refractivity contribution is 5.77. The van der Waals surface area contributed by atoms with Gasteiger partial charge in [0.05, 0.1) is 6.04 Å². The van der Waals surface area contributed by atoms with E-state index in [-0.39, 0.29) is 11.9 Å². The van der Waals surface area contributed by atoms with Crippen LogP contribution < -0.4 is 10.6 Å². The zero-order valence-corrected chi connectivity index (χ0v) is 13.7. The third-order valence-electron chi connectivity index (χ3n) is 4.69. The molecule has 2 aromatic rings. The number of nitrogens with one attached hydrogen (secondary N) is 1. The van der Waals surface area contributed by atoms with Crippen LogP contribution in [0.3, 0.4) is 0 Å². The molecule has 23 heavy (non-hydrogen) atoms. The van der Waals surface area contributed by atoms with Gasteiger partial charge in [0.25, 0.3) is 5.91 Å². The van der Waals surface area contributed by atoms with Crippen molar-refractivity contribution >= 4 is 5.91 Å². The summed E-state index contributed by atoms with van der Waals surface area (Å²) < 4.78 is 0. The summed E-state index contributed by atoms with van der Waals surface area (Å²) in [5.41, 5.74) is 3.93. The summed E-state index contributed by atoms with van der Waals surface area (Å²) >= 11 is 0. The zero-order chi connectivity index (χ0) is 16.1. The third kappa shape index (κ3) is 3.99. The summed E-state index contributed by atoms with van der Waals surface area (Å²) in [6.07, 6.45) is 3.31. The number of fused-ring (bicyclic) bond motifs is 1. The van der Waals surface area contributed by atoms with Crippen molar-refractivity contribution in [2.24, 2.45) is 0 Å². The van der Waals surface area contributed by atoms with Crippen molar-refractivity contribution in [2.45, 2.75) is 38.3 Å². The van der Waals surface area contributed by atoms with Gasteiger partial charge in [0.15, 0.2) is 6.54 Å². The molecule has 2 aromatic carbocycles. The summed E-state index contributed by atoms with van der Waals surface area (Å²) in [4.78, 5) is 12.3. The van der Waals surface area contributed by atoms with Gasteiger partial charge in [-0.3, -0.25) is 4.79 Å². The second-order valence-corrected chi connectivity index (χ2v) is 6.35. The van der Waals surface area contributed by atoms with Crippen molar-refractivity contribution in [2.75, 3.05) is 6.54 Å². The fourth-order valence-electron chi connectivity index (χ4n) is 3.33. The van der Waals surface area contributed by atoms with Gasteiger partial charge < -0.3 is 10.6 Å². The Morgan fingerprint density at radius 1 is 1.17 bits per heavy atom. The van der Waals surface area contributed by atoms with E-state index in [9.17, 15) is 4.79 Å². The smallest absolute Gasteiger partial charge is 0.275 e. The lowest BCUT2D eigenvalue weighted by Crippen LogP contribution is -2.87. The molecule has 3 nitrogen and oxygen atoms in total.